The van der Waals surface area contributed by atoms with Gasteiger partial charge in [0.15, 0.2) is 0 Å². The number of amides is 1. The standard InChI is InChI=1S/C12H23NO3/c1-4-11-9(5-6-16-11)12(15)13-7-10(14)8(2)3/h8-11,14H,4-7H2,1-3H3,(H,13,15). The molecule has 94 valence electrons. The summed E-state index contributed by atoms with van der Waals surface area (Å²) in [6, 6.07) is 0. The predicted octanol–water partition coefficient (Wildman–Crippen LogP) is 0.935. The van der Waals surface area contributed by atoms with Crippen LogP contribution in [-0.2, 0) is 9.53 Å². The molecule has 0 bridgehead atoms. The van der Waals surface area contributed by atoms with Crippen molar-refractivity contribution < 1.29 is 14.6 Å². The van der Waals surface area contributed by atoms with E-state index in [2.05, 4.69) is 5.32 Å². The van der Waals surface area contributed by atoms with E-state index in [9.17, 15) is 9.90 Å². The zero-order chi connectivity index (χ0) is 12.1. The van der Waals surface area contributed by atoms with E-state index in [1.165, 1.54) is 0 Å². The molecule has 1 amide bonds. The Bertz CT molecular complexity index is 230. The average molecular weight is 229 g/mol. The van der Waals surface area contributed by atoms with Crippen molar-refractivity contribution in [2.24, 2.45) is 11.8 Å². The lowest BCUT2D eigenvalue weighted by atomic mass is 9.98. The largest absolute Gasteiger partial charge is 0.391 e. The van der Waals surface area contributed by atoms with Crippen LogP contribution in [0.2, 0.25) is 0 Å². The Morgan fingerprint density at radius 1 is 1.56 bits per heavy atom. The van der Waals surface area contributed by atoms with Gasteiger partial charge in [0.2, 0.25) is 5.91 Å². The maximum atomic E-state index is 11.8. The molecule has 2 N–H and O–H groups in total. The molecule has 0 radical (unpaired) electrons. The van der Waals surface area contributed by atoms with Gasteiger partial charge in [0.1, 0.15) is 0 Å². The van der Waals surface area contributed by atoms with Crippen LogP contribution in [0.3, 0.4) is 0 Å². The third-order valence-corrected chi connectivity index (χ3v) is 3.20. The molecule has 0 aliphatic carbocycles. The average Bonchev–Trinajstić information content (AvgIpc) is 2.73. The molecule has 0 aromatic heterocycles. The van der Waals surface area contributed by atoms with Crippen LogP contribution < -0.4 is 5.32 Å². The van der Waals surface area contributed by atoms with Crippen molar-refractivity contribution in [2.75, 3.05) is 13.2 Å². The monoisotopic (exact) mass is 229 g/mol. The second-order valence-corrected chi connectivity index (χ2v) is 4.77. The fraction of sp³-hybridized carbons (Fsp3) is 0.917. The first-order valence-electron chi connectivity index (χ1n) is 6.13. The second-order valence-electron chi connectivity index (χ2n) is 4.77. The highest BCUT2D eigenvalue weighted by Gasteiger charge is 2.32. The molecule has 1 aliphatic rings. The van der Waals surface area contributed by atoms with E-state index in [-0.39, 0.29) is 23.8 Å². The molecule has 1 aliphatic heterocycles. The molecule has 0 spiro atoms. The molecule has 16 heavy (non-hydrogen) atoms. The first-order valence-corrected chi connectivity index (χ1v) is 6.13. The summed E-state index contributed by atoms with van der Waals surface area (Å²) in [6.45, 7) is 6.90. The van der Waals surface area contributed by atoms with Crippen molar-refractivity contribution in [1.29, 1.82) is 0 Å². The van der Waals surface area contributed by atoms with Gasteiger partial charge in [0, 0.05) is 13.2 Å². The molecule has 0 aromatic rings. The normalized spacial score (nSPS) is 27.1. The molecule has 3 unspecified atom stereocenters. The van der Waals surface area contributed by atoms with E-state index in [1.807, 2.05) is 20.8 Å². The van der Waals surface area contributed by atoms with Gasteiger partial charge in [0.05, 0.1) is 18.1 Å². The number of carbonyl (C=O) groups is 1. The van der Waals surface area contributed by atoms with Gasteiger partial charge in [-0.25, -0.2) is 0 Å². The molecule has 4 heteroatoms. The highest BCUT2D eigenvalue weighted by atomic mass is 16.5. The lowest BCUT2D eigenvalue weighted by Gasteiger charge is -2.19. The topological polar surface area (TPSA) is 58.6 Å². The number of aliphatic hydroxyl groups is 1. The lowest BCUT2D eigenvalue weighted by Crippen LogP contribution is -2.40. The fourth-order valence-electron chi connectivity index (χ4n) is 1.92. The van der Waals surface area contributed by atoms with Crippen LogP contribution in [0.15, 0.2) is 0 Å². The Kier molecular flexibility index (Phi) is 5.22. The number of hydrogen-bond acceptors (Lipinski definition) is 3. The van der Waals surface area contributed by atoms with Crippen LogP contribution in [-0.4, -0.2) is 36.4 Å². The van der Waals surface area contributed by atoms with E-state index in [0.717, 1.165) is 12.8 Å². The quantitative estimate of drug-likeness (QED) is 0.737. The molecular formula is C12H23NO3. The van der Waals surface area contributed by atoms with Crippen LogP contribution in [0.1, 0.15) is 33.6 Å². The van der Waals surface area contributed by atoms with E-state index in [4.69, 9.17) is 4.74 Å². The minimum absolute atomic E-state index is 0.0176. The maximum absolute atomic E-state index is 11.8. The summed E-state index contributed by atoms with van der Waals surface area (Å²) < 4.78 is 5.47. The van der Waals surface area contributed by atoms with Gasteiger partial charge in [-0.3, -0.25) is 4.79 Å². The number of rotatable bonds is 5. The smallest absolute Gasteiger partial charge is 0.225 e. The first kappa shape index (κ1) is 13.5. The fourth-order valence-corrected chi connectivity index (χ4v) is 1.92. The molecular weight excluding hydrogens is 206 g/mol. The van der Waals surface area contributed by atoms with Crippen molar-refractivity contribution in [3.05, 3.63) is 0 Å². The SMILES string of the molecule is CCC1OCCC1C(=O)NCC(O)C(C)C. The number of aliphatic hydroxyl groups excluding tert-OH is 1. The molecule has 0 saturated carbocycles. The van der Waals surface area contributed by atoms with Crippen molar-refractivity contribution >= 4 is 5.91 Å². The van der Waals surface area contributed by atoms with Gasteiger partial charge in [-0.2, -0.15) is 0 Å². The summed E-state index contributed by atoms with van der Waals surface area (Å²) >= 11 is 0. The van der Waals surface area contributed by atoms with Crippen molar-refractivity contribution in [1.82, 2.24) is 5.32 Å². The summed E-state index contributed by atoms with van der Waals surface area (Å²) in [6.07, 6.45) is 1.25. The highest BCUT2D eigenvalue weighted by Crippen LogP contribution is 2.23. The van der Waals surface area contributed by atoms with E-state index < -0.39 is 6.10 Å². The zero-order valence-corrected chi connectivity index (χ0v) is 10.4. The van der Waals surface area contributed by atoms with E-state index in [1.54, 1.807) is 0 Å². The summed E-state index contributed by atoms with van der Waals surface area (Å²) in [5, 5.41) is 12.4. The number of nitrogens with one attached hydrogen (secondary N) is 1. The van der Waals surface area contributed by atoms with Crippen LogP contribution >= 0.6 is 0 Å². The maximum Gasteiger partial charge on any atom is 0.225 e. The second kappa shape index (κ2) is 6.21. The molecule has 3 atom stereocenters. The minimum Gasteiger partial charge on any atom is -0.391 e. The molecule has 4 nitrogen and oxygen atoms in total. The molecule has 0 aromatic carbocycles. The Morgan fingerprint density at radius 3 is 2.81 bits per heavy atom. The highest BCUT2D eigenvalue weighted by molar-refractivity contribution is 5.79. The van der Waals surface area contributed by atoms with E-state index >= 15 is 0 Å². The van der Waals surface area contributed by atoms with Gasteiger partial charge in [-0.15, -0.1) is 0 Å². The van der Waals surface area contributed by atoms with Crippen molar-refractivity contribution in [2.45, 2.75) is 45.8 Å². The Morgan fingerprint density at radius 2 is 2.25 bits per heavy atom. The van der Waals surface area contributed by atoms with Gasteiger partial charge >= 0.3 is 0 Å². The number of hydrogen-bond donors (Lipinski definition) is 2. The molecule has 1 fully saturated rings. The molecule has 1 heterocycles. The van der Waals surface area contributed by atoms with E-state index in [0.29, 0.717) is 13.2 Å². The van der Waals surface area contributed by atoms with Gasteiger partial charge in [-0.1, -0.05) is 20.8 Å². The summed E-state index contributed by atoms with van der Waals surface area (Å²) in [7, 11) is 0. The van der Waals surface area contributed by atoms with Crippen molar-refractivity contribution in [3.63, 3.8) is 0 Å². The van der Waals surface area contributed by atoms with Gasteiger partial charge in [-0.05, 0) is 18.8 Å². The van der Waals surface area contributed by atoms with Crippen LogP contribution in [0.4, 0.5) is 0 Å². The Labute approximate surface area is 97.4 Å². The predicted molar refractivity (Wildman–Crippen MR) is 62.0 cm³/mol. The van der Waals surface area contributed by atoms with Crippen LogP contribution in [0.5, 0.6) is 0 Å². The van der Waals surface area contributed by atoms with Crippen LogP contribution in [0, 0.1) is 11.8 Å². The van der Waals surface area contributed by atoms with Crippen molar-refractivity contribution in [3.8, 4) is 0 Å². The third-order valence-electron chi connectivity index (χ3n) is 3.20. The van der Waals surface area contributed by atoms with Crippen LogP contribution in [0.25, 0.3) is 0 Å². The first-order chi connectivity index (χ1) is 7.56. The summed E-state index contributed by atoms with van der Waals surface area (Å²) in [4.78, 5) is 11.8. The molecule has 1 rings (SSSR count). The summed E-state index contributed by atoms with van der Waals surface area (Å²) in [5.41, 5.74) is 0. The summed E-state index contributed by atoms with van der Waals surface area (Å²) in [5.74, 6) is 0.149. The number of carbonyl (C=O) groups excluding carboxylic acids is 1. The minimum atomic E-state index is -0.466. The number of ether oxygens (including phenoxy) is 1. The lowest BCUT2D eigenvalue weighted by molar-refractivity contribution is -0.127. The zero-order valence-electron chi connectivity index (χ0n) is 10.4. The Hall–Kier alpha value is -0.610. The van der Waals surface area contributed by atoms with Gasteiger partial charge < -0.3 is 15.2 Å². The third kappa shape index (κ3) is 3.46. The Balaban J connectivity index is 2.34. The van der Waals surface area contributed by atoms with Gasteiger partial charge in [0.25, 0.3) is 0 Å². The molecule has 1 saturated heterocycles.